The first-order valence-electron chi connectivity index (χ1n) is 8.86. The van der Waals surface area contributed by atoms with Crippen molar-refractivity contribution in [1.82, 2.24) is 10.6 Å². The molecule has 134 valence electrons. The van der Waals surface area contributed by atoms with Gasteiger partial charge >= 0.3 is 0 Å². The van der Waals surface area contributed by atoms with Gasteiger partial charge in [0.25, 0.3) is 0 Å². The van der Waals surface area contributed by atoms with Crippen LogP contribution in [-0.2, 0) is 11.3 Å². The Hall–Kier alpha value is -1.75. The Morgan fingerprint density at radius 3 is 2.88 bits per heavy atom. The van der Waals surface area contributed by atoms with E-state index in [2.05, 4.69) is 47.7 Å². The summed E-state index contributed by atoms with van der Waals surface area (Å²) in [6, 6.07) is 6.86. The molecule has 2 rings (SSSR count). The average molecular weight is 333 g/mol. The quantitative estimate of drug-likeness (QED) is 0.414. The van der Waals surface area contributed by atoms with Crippen LogP contribution in [0.25, 0.3) is 0 Å². The molecule has 0 bridgehead atoms. The van der Waals surface area contributed by atoms with Gasteiger partial charge in [-0.25, -0.2) is 0 Å². The Morgan fingerprint density at radius 2 is 2.17 bits per heavy atom. The molecule has 0 saturated heterocycles. The van der Waals surface area contributed by atoms with E-state index in [0.717, 1.165) is 23.2 Å². The van der Waals surface area contributed by atoms with Crippen LogP contribution in [0.5, 0.6) is 5.75 Å². The smallest absolute Gasteiger partial charge is 0.191 e. The van der Waals surface area contributed by atoms with Crippen molar-refractivity contribution in [2.45, 2.75) is 45.7 Å². The molecular formula is C19H31N3O2. The van der Waals surface area contributed by atoms with Gasteiger partial charge in [0.2, 0.25) is 0 Å². The zero-order valence-electron chi connectivity index (χ0n) is 15.4. The highest BCUT2D eigenvalue weighted by molar-refractivity contribution is 5.80. The predicted octanol–water partition coefficient (Wildman–Crippen LogP) is 2.87. The third-order valence-corrected chi connectivity index (χ3v) is 4.34. The summed E-state index contributed by atoms with van der Waals surface area (Å²) in [5, 5.41) is 6.90. The van der Waals surface area contributed by atoms with Crippen LogP contribution in [0.3, 0.4) is 0 Å². The number of aryl methyl sites for hydroxylation is 1. The van der Waals surface area contributed by atoms with E-state index in [-0.39, 0.29) is 0 Å². The van der Waals surface area contributed by atoms with Gasteiger partial charge in [-0.1, -0.05) is 25.5 Å². The van der Waals surface area contributed by atoms with E-state index in [1.54, 1.807) is 7.11 Å². The maximum atomic E-state index is 5.84. The Kier molecular flexibility index (Phi) is 7.37. The summed E-state index contributed by atoms with van der Waals surface area (Å²) in [5.41, 5.74) is 2.31. The third-order valence-electron chi connectivity index (χ3n) is 4.34. The lowest BCUT2D eigenvalue weighted by Crippen LogP contribution is -2.38. The van der Waals surface area contributed by atoms with Crippen LogP contribution in [0, 0.1) is 12.8 Å². The molecular weight excluding hydrogens is 302 g/mol. The molecule has 1 aromatic carbocycles. The highest BCUT2D eigenvalue weighted by Crippen LogP contribution is 2.34. The number of rotatable bonds is 9. The largest absolute Gasteiger partial charge is 0.491 e. The van der Waals surface area contributed by atoms with Crippen molar-refractivity contribution < 1.29 is 9.47 Å². The molecule has 5 nitrogen and oxygen atoms in total. The number of benzene rings is 1. The Morgan fingerprint density at radius 1 is 1.33 bits per heavy atom. The van der Waals surface area contributed by atoms with E-state index in [1.165, 1.54) is 24.8 Å². The van der Waals surface area contributed by atoms with Crippen LogP contribution in [0.1, 0.15) is 37.3 Å². The highest BCUT2D eigenvalue weighted by Gasteiger charge is 2.36. The number of nitrogens with one attached hydrogen (secondary N) is 2. The molecule has 0 aromatic heterocycles. The van der Waals surface area contributed by atoms with Gasteiger partial charge in [-0.05, 0) is 37.3 Å². The van der Waals surface area contributed by atoms with E-state index in [9.17, 15) is 0 Å². The fraction of sp³-hybridized carbons (Fsp3) is 0.632. The van der Waals surface area contributed by atoms with Gasteiger partial charge in [0.15, 0.2) is 5.96 Å². The van der Waals surface area contributed by atoms with Crippen LogP contribution in [0.2, 0.25) is 0 Å². The molecule has 1 aromatic rings. The maximum Gasteiger partial charge on any atom is 0.191 e. The molecule has 0 radical (unpaired) electrons. The molecule has 0 spiro atoms. The van der Waals surface area contributed by atoms with Crippen LogP contribution in [-0.4, -0.2) is 39.4 Å². The molecule has 0 amide bonds. The summed E-state index contributed by atoms with van der Waals surface area (Å²) in [7, 11) is 3.50. The molecule has 0 aliphatic heterocycles. The molecule has 2 unspecified atom stereocenters. The van der Waals surface area contributed by atoms with Gasteiger partial charge in [0.05, 0.1) is 6.61 Å². The molecule has 24 heavy (non-hydrogen) atoms. The van der Waals surface area contributed by atoms with E-state index >= 15 is 0 Å². The molecule has 2 N–H and O–H groups in total. The summed E-state index contributed by atoms with van der Waals surface area (Å²) in [6.07, 6.45) is 3.80. The maximum absolute atomic E-state index is 5.84. The number of hydrogen-bond donors (Lipinski definition) is 2. The lowest BCUT2D eigenvalue weighted by atomic mass is 10.1. The number of hydrogen-bond acceptors (Lipinski definition) is 3. The highest BCUT2D eigenvalue weighted by atomic mass is 16.5. The van der Waals surface area contributed by atoms with Crippen molar-refractivity contribution >= 4 is 5.96 Å². The van der Waals surface area contributed by atoms with Gasteiger partial charge in [0.1, 0.15) is 12.4 Å². The summed E-state index contributed by atoms with van der Waals surface area (Å²) in [4.78, 5) is 4.33. The molecule has 2 atom stereocenters. The van der Waals surface area contributed by atoms with Crippen LogP contribution in [0.4, 0.5) is 0 Å². The molecule has 1 aliphatic rings. The summed E-state index contributed by atoms with van der Waals surface area (Å²) >= 11 is 0. The van der Waals surface area contributed by atoms with Crippen molar-refractivity contribution in [3.05, 3.63) is 29.3 Å². The topological polar surface area (TPSA) is 54.9 Å². The summed E-state index contributed by atoms with van der Waals surface area (Å²) in [6.45, 7) is 6.14. The molecule has 1 saturated carbocycles. The second-order valence-corrected chi connectivity index (χ2v) is 6.41. The average Bonchev–Trinajstić information content (AvgIpc) is 3.31. The lowest BCUT2D eigenvalue weighted by Gasteiger charge is -2.15. The fourth-order valence-electron chi connectivity index (χ4n) is 2.84. The standard InChI is InChI=1S/C19H31N3O2/c1-5-6-15-12-17(15)22-19(20-3)21-13-16-8-7-14(2)11-18(16)24-10-9-23-4/h7-8,11,15,17H,5-6,9-10,12-13H2,1-4H3,(H2,20,21,22). The van der Waals surface area contributed by atoms with Crippen LogP contribution >= 0.6 is 0 Å². The van der Waals surface area contributed by atoms with E-state index in [4.69, 9.17) is 9.47 Å². The minimum absolute atomic E-state index is 0.556. The van der Waals surface area contributed by atoms with Crippen molar-refractivity contribution in [1.29, 1.82) is 0 Å². The minimum Gasteiger partial charge on any atom is -0.491 e. The predicted molar refractivity (Wildman–Crippen MR) is 98.7 cm³/mol. The Labute approximate surface area is 145 Å². The number of nitrogens with zero attached hydrogens (tertiary/aromatic N) is 1. The Bertz CT molecular complexity index is 545. The van der Waals surface area contributed by atoms with Crippen molar-refractivity contribution in [3.8, 4) is 5.75 Å². The van der Waals surface area contributed by atoms with Crippen molar-refractivity contribution in [2.75, 3.05) is 27.4 Å². The van der Waals surface area contributed by atoms with Crippen LogP contribution in [0.15, 0.2) is 23.2 Å². The van der Waals surface area contributed by atoms with Gasteiger partial charge in [0, 0.05) is 32.3 Å². The van der Waals surface area contributed by atoms with Crippen LogP contribution < -0.4 is 15.4 Å². The van der Waals surface area contributed by atoms with Gasteiger partial charge < -0.3 is 20.1 Å². The van der Waals surface area contributed by atoms with Crippen molar-refractivity contribution in [3.63, 3.8) is 0 Å². The monoisotopic (exact) mass is 333 g/mol. The fourth-order valence-corrected chi connectivity index (χ4v) is 2.84. The minimum atomic E-state index is 0.556. The normalized spacial score (nSPS) is 19.9. The Balaban J connectivity index is 1.87. The SMILES string of the molecule is CCCC1CC1NC(=NC)NCc1ccc(C)cc1OCCOC. The first kappa shape index (κ1) is 18.6. The molecule has 0 heterocycles. The molecule has 1 aliphatic carbocycles. The lowest BCUT2D eigenvalue weighted by molar-refractivity contribution is 0.145. The number of guanidine groups is 1. The summed E-state index contributed by atoms with van der Waals surface area (Å²) < 4.78 is 10.9. The van der Waals surface area contributed by atoms with Gasteiger partial charge in [-0.2, -0.15) is 0 Å². The summed E-state index contributed by atoms with van der Waals surface area (Å²) in [5.74, 6) is 2.58. The third kappa shape index (κ3) is 5.71. The second-order valence-electron chi connectivity index (χ2n) is 6.41. The van der Waals surface area contributed by atoms with E-state index < -0.39 is 0 Å². The van der Waals surface area contributed by atoms with Gasteiger partial charge in [-0.3, -0.25) is 4.99 Å². The first-order valence-corrected chi connectivity index (χ1v) is 8.86. The second kappa shape index (κ2) is 9.52. The molecule has 1 fully saturated rings. The number of ether oxygens (including phenoxy) is 2. The van der Waals surface area contributed by atoms with E-state index in [0.29, 0.717) is 25.8 Å². The van der Waals surface area contributed by atoms with Crippen molar-refractivity contribution in [2.24, 2.45) is 10.9 Å². The zero-order valence-corrected chi connectivity index (χ0v) is 15.4. The molecule has 5 heteroatoms. The zero-order chi connectivity index (χ0) is 17.4. The first-order chi connectivity index (χ1) is 11.7. The van der Waals surface area contributed by atoms with Gasteiger partial charge in [-0.15, -0.1) is 0 Å². The number of methoxy groups -OCH3 is 1. The number of aliphatic imine (C=N–C) groups is 1. The van der Waals surface area contributed by atoms with E-state index in [1.807, 2.05) is 7.05 Å².